The maximum Gasteiger partial charge on any atom is 0.276 e. The summed E-state index contributed by atoms with van der Waals surface area (Å²) in [6.45, 7) is 2.83. The molecule has 0 saturated carbocycles. The fourth-order valence-electron chi connectivity index (χ4n) is 2.41. The molecule has 1 aliphatic heterocycles. The number of hydrogen-bond donors (Lipinski definition) is 0. The summed E-state index contributed by atoms with van der Waals surface area (Å²) < 4.78 is 22.1. The third-order valence-electron chi connectivity index (χ3n) is 3.69. The van der Waals surface area contributed by atoms with E-state index in [-0.39, 0.29) is 6.79 Å². The molecular weight excluding hydrogens is 340 g/mol. The van der Waals surface area contributed by atoms with Crippen LogP contribution in [-0.4, -0.2) is 29.4 Å². The van der Waals surface area contributed by atoms with Crippen LogP contribution < -0.4 is 14.2 Å². The lowest BCUT2D eigenvalue weighted by Crippen LogP contribution is -2.01. The van der Waals surface area contributed by atoms with E-state index in [4.69, 9.17) is 18.6 Å². The number of fused-ring (bicyclic) bond motifs is 1. The fourth-order valence-corrected chi connectivity index (χ4v) is 2.99. The normalized spacial score (nSPS) is 12.4. The molecule has 3 aromatic rings. The first-order valence-electron chi connectivity index (χ1n) is 7.84. The third-order valence-corrected chi connectivity index (χ3v) is 4.47. The molecular formula is C18H16N2O4S. The van der Waals surface area contributed by atoms with Crippen LogP contribution in [0.3, 0.4) is 0 Å². The molecule has 0 amide bonds. The van der Waals surface area contributed by atoms with Crippen molar-refractivity contribution in [1.29, 1.82) is 0 Å². The minimum absolute atomic E-state index is 0.241. The van der Waals surface area contributed by atoms with Gasteiger partial charge in [-0.1, -0.05) is 30.0 Å². The average molecular weight is 356 g/mol. The number of ether oxygens (including phenoxy) is 3. The molecule has 0 saturated heterocycles. The predicted octanol–water partition coefficient (Wildman–Crippen LogP) is 3.94. The topological polar surface area (TPSA) is 66.6 Å². The highest BCUT2D eigenvalue weighted by molar-refractivity contribution is 7.99. The van der Waals surface area contributed by atoms with Crippen LogP contribution in [0, 0.1) is 6.92 Å². The van der Waals surface area contributed by atoms with E-state index in [1.165, 1.54) is 11.8 Å². The van der Waals surface area contributed by atoms with Crippen molar-refractivity contribution in [2.24, 2.45) is 0 Å². The van der Waals surface area contributed by atoms with Gasteiger partial charge in [-0.25, -0.2) is 0 Å². The standard InChI is InChI=1S/C18H16N2O4S/c1-12-4-2-3-5-14(12)21-8-9-25-18-20-19-17(24-18)13-6-7-15-16(10-13)23-11-22-15/h2-7,10H,8-9,11H2,1H3. The van der Waals surface area contributed by atoms with Crippen molar-refractivity contribution in [3.63, 3.8) is 0 Å². The molecule has 2 heterocycles. The first-order chi connectivity index (χ1) is 12.3. The molecule has 0 atom stereocenters. The van der Waals surface area contributed by atoms with E-state index in [0.29, 0.717) is 23.5 Å². The molecule has 128 valence electrons. The van der Waals surface area contributed by atoms with E-state index in [1.807, 2.05) is 49.4 Å². The Balaban J connectivity index is 1.33. The number of para-hydroxylation sites is 1. The Kier molecular flexibility index (Phi) is 4.47. The Morgan fingerprint density at radius 1 is 1.08 bits per heavy atom. The van der Waals surface area contributed by atoms with Gasteiger partial charge in [0.1, 0.15) is 5.75 Å². The molecule has 0 spiro atoms. The van der Waals surface area contributed by atoms with E-state index in [0.717, 1.165) is 28.4 Å². The zero-order valence-electron chi connectivity index (χ0n) is 13.6. The van der Waals surface area contributed by atoms with Crippen molar-refractivity contribution < 1.29 is 18.6 Å². The summed E-state index contributed by atoms with van der Waals surface area (Å²) >= 11 is 1.47. The quantitative estimate of drug-likeness (QED) is 0.489. The number of hydrogen-bond acceptors (Lipinski definition) is 7. The lowest BCUT2D eigenvalue weighted by atomic mass is 10.2. The third kappa shape index (κ3) is 3.56. The second-order valence-electron chi connectivity index (χ2n) is 5.40. The molecule has 7 heteroatoms. The average Bonchev–Trinajstić information content (AvgIpc) is 3.28. The smallest absolute Gasteiger partial charge is 0.276 e. The zero-order chi connectivity index (χ0) is 17.1. The Morgan fingerprint density at radius 3 is 2.88 bits per heavy atom. The molecule has 2 aromatic carbocycles. The number of rotatable bonds is 6. The molecule has 25 heavy (non-hydrogen) atoms. The SMILES string of the molecule is Cc1ccccc1OCCSc1nnc(-c2ccc3c(c2)OCO3)o1. The number of aryl methyl sites for hydroxylation is 1. The Morgan fingerprint density at radius 2 is 1.96 bits per heavy atom. The van der Waals surface area contributed by atoms with Gasteiger partial charge in [0.05, 0.1) is 6.61 Å². The van der Waals surface area contributed by atoms with E-state index in [2.05, 4.69) is 10.2 Å². The molecule has 1 aliphatic rings. The minimum Gasteiger partial charge on any atom is -0.492 e. The van der Waals surface area contributed by atoms with E-state index in [1.54, 1.807) is 0 Å². The van der Waals surface area contributed by atoms with E-state index < -0.39 is 0 Å². The van der Waals surface area contributed by atoms with Crippen molar-refractivity contribution in [2.45, 2.75) is 12.1 Å². The van der Waals surface area contributed by atoms with Gasteiger partial charge in [0.2, 0.25) is 12.7 Å². The molecule has 0 radical (unpaired) electrons. The Bertz CT molecular complexity index is 881. The van der Waals surface area contributed by atoms with Gasteiger partial charge in [-0.3, -0.25) is 0 Å². The van der Waals surface area contributed by atoms with Crippen molar-refractivity contribution >= 4 is 11.8 Å². The summed E-state index contributed by atoms with van der Waals surface area (Å²) in [6, 6.07) is 13.5. The number of aromatic nitrogens is 2. The van der Waals surface area contributed by atoms with Crippen LogP contribution in [0.1, 0.15) is 5.56 Å². The first kappa shape index (κ1) is 15.8. The molecule has 4 rings (SSSR count). The van der Waals surface area contributed by atoms with Crippen molar-refractivity contribution in [1.82, 2.24) is 10.2 Å². The molecule has 0 aliphatic carbocycles. The number of thioether (sulfide) groups is 1. The molecule has 0 fully saturated rings. The first-order valence-corrected chi connectivity index (χ1v) is 8.83. The molecule has 0 unspecified atom stereocenters. The van der Waals surface area contributed by atoms with Gasteiger partial charge in [-0.15, -0.1) is 10.2 Å². The van der Waals surface area contributed by atoms with Gasteiger partial charge in [0.15, 0.2) is 11.5 Å². The maximum atomic E-state index is 5.76. The highest BCUT2D eigenvalue weighted by Gasteiger charge is 2.16. The van der Waals surface area contributed by atoms with Crippen LogP contribution in [0.15, 0.2) is 52.1 Å². The largest absolute Gasteiger partial charge is 0.492 e. The van der Waals surface area contributed by atoms with E-state index in [9.17, 15) is 0 Å². The Hall–Kier alpha value is -2.67. The fraction of sp³-hybridized carbons (Fsp3) is 0.222. The summed E-state index contributed by atoms with van der Waals surface area (Å²) in [5.41, 5.74) is 1.93. The van der Waals surface area contributed by atoms with Crippen LogP contribution in [0.25, 0.3) is 11.5 Å². The van der Waals surface area contributed by atoms with Gasteiger partial charge in [0, 0.05) is 11.3 Å². The van der Waals surface area contributed by atoms with Crippen LogP contribution in [0.5, 0.6) is 17.2 Å². The molecule has 0 N–H and O–H groups in total. The minimum atomic E-state index is 0.241. The van der Waals surface area contributed by atoms with E-state index >= 15 is 0 Å². The van der Waals surface area contributed by atoms with Crippen molar-refractivity contribution in [3.05, 3.63) is 48.0 Å². The summed E-state index contributed by atoms with van der Waals surface area (Å²) in [4.78, 5) is 0. The van der Waals surface area contributed by atoms with Crippen LogP contribution in [0.4, 0.5) is 0 Å². The highest BCUT2D eigenvalue weighted by atomic mass is 32.2. The summed E-state index contributed by atoms with van der Waals surface area (Å²) in [5, 5.41) is 8.67. The second-order valence-corrected chi connectivity index (χ2v) is 6.45. The second kappa shape index (κ2) is 7.06. The van der Waals surface area contributed by atoms with Gasteiger partial charge in [0.25, 0.3) is 5.22 Å². The lowest BCUT2D eigenvalue weighted by Gasteiger charge is -2.07. The zero-order valence-corrected chi connectivity index (χ0v) is 14.4. The molecule has 6 nitrogen and oxygen atoms in total. The predicted molar refractivity (Wildman–Crippen MR) is 93.3 cm³/mol. The summed E-state index contributed by atoms with van der Waals surface area (Å²) in [7, 11) is 0. The summed E-state index contributed by atoms with van der Waals surface area (Å²) in [5.74, 6) is 3.50. The van der Waals surface area contributed by atoms with Crippen molar-refractivity contribution in [3.8, 4) is 28.7 Å². The van der Waals surface area contributed by atoms with Gasteiger partial charge in [-0.05, 0) is 36.8 Å². The maximum absolute atomic E-state index is 5.76. The highest BCUT2D eigenvalue weighted by Crippen LogP contribution is 2.36. The van der Waals surface area contributed by atoms with Crippen LogP contribution in [0.2, 0.25) is 0 Å². The summed E-state index contributed by atoms with van der Waals surface area (Å²) in [6.07, 6.45) is 0. The van der Waals surface area contributed by atoms with Gasteiger partial charge >= 0.3 is 0 Å². The van der Waals surface area contributed by atoms with Gasteiger partial charge < -0.3 is 18.6 Å². The number of nitrogens with zero attached hydrogens (tertiary/aromatic N) is 2. The van der Waals surface area contributed by atoms with Crippen LogP contribution in [-0.2, 0) is 0 Å². The van der Waals surface area contributed by atoms with Crippen molar-refractivity contribution in [2.75, 3.05) is 19.2 Å². The monoisotopic (exact) mass is 356 g/mol. The Labute approximate surface area is 149 Å². The lowest BCUT2D eigenvalue weighted by molar-refractivity contribution is 0.174. The molecule has 0 bridgehead atoms. The van der Waals surface area contributed by atoms with Crippen LogP contribution >= 0.6 is 11.8 Å². The number of benzene rings is 2. The van der Waals surface area contributed by atoms with Gasteiger partial charge in [-0.2, -0.15) is 0 Å². The molecule has 1 aromatic heterocycles.